The molecule has 0 aliphatic rings. The smallest absolute Gasteiger partial charge is 0.120 e. The molecule has 0 fully saturated rings. The molecule has 0 aromatic heterocycles. The normalized spacial score (nSPS) is 9.95. The van der Waals surface area contributed by atoms with Crippen LogP contribution < -0.4 is 9.64 Å². The van der Waals surface area contributed by atoms with Gasteiger partial charge in [-0.2, -0.15) is 0 Å². The molecule has 0 aliphatic heterocycles. The molecular weight excluding hydrogens is 234 g/mol. The predicted octanol–water partition coefficient (Wildman–Crippen LogP) is 3.89. The zero-order chi connectivity index (χ0) is 13.5. The van der Waals surface area contributed by atoms with Gasteiger partial charge in [0, 0.05) is 24.8 Å². The lowest BCUT2D eigenvalue weighted by Crippen LogP contribution is -2.22. The Labute approximate surface area is 114 Å². The number of rotatable bonds is 6. The van der Waals surface area contributed by atoms with Crippen LogP contribution in [0.5, 0.6) is 5.75 Å². The molecular formula is C17H19NO. The van der Waals surface area contributed by atoms with Crippen molar-refractivity contribution in [3.63, 3.8) is 0 Å². The Kier molecular flexibility index (Phi) is 4.62. The fourth-order valence-electron chi connectivity index (χ4n) is 2.03. The molecule has 2 aromatic rings. The van der Waals surface area contributed by atoms with Crippen molar-refractivity contribution < 1.29 is 4.74 Å². The zero-order valence-electron chi connectivity index (χ0n) is 11.3. The van der Waals surface area contributed by atoms with Crippen LogP contribution in [-0.2, 0) is 6.54 Å². The average molecular weight is 253 g/mol. The van der Waals surface area contributed by atoms with E-state index in [2.05, 4.69) is 41.8 Å². The third kappa shape index (κ3) is 3.62. The van der Waals surface area contributed by atoms with E-state index in [0.717, 1.165) is 24.5 Å². The first-order chi connectivity index (χ1) is 9.33. The summed E-state index contributed by atoms with van der Waals surface area (Å²) in [6, 6.07) is 18.5. The quantitative estimate of drug-likeness (QED) is 0.724. The molecule has 98 valence electrons. The summed E-state index contributed by atoms with van der Waals surface area (Å²) in [6.45, 7) is 5.51. The Balaban J connectivity index is 2.21. The fourth-order valence-corrected chi connectivity index (χ4v) is 2.03. The molecule has 0 N–H and O–H groups in total. The summed E-state index contributed by atoms with van der Waals surface area (Å²) >= 11 is 0. The Bertz CT molecular complexity index is 522. The van der Waals surface area contributed by atoms with Gasteiger partial charge in [0.25, 0.3) is 0 Å². The average Bonchev–Trinajstić information content (AvgIpc) is 2.48. The van der Waals surface area contributed by atoms with Crippen LogP contribution in [-0.4, -0.2) is 13.7 Å². The highest BCUT2D eigenvalue weighted by molar-refractivity contribution is 5.51. The summed E-state index contributed by atoms with van der Waals surface area (Å²) in [5.74, 6) is 0.875. The van der Waals surface area contributed by atoms with Crippen molar-refractivity contribution in [1.29, 1.82) is 0 Å². The standard InChI is InChI=1S/C17H19NO/c1-3-12-18(14-15-8-5-4-6-9-15)16-10-7-11-17(13-16)19-2/h3-11,13H,1,12,14H2,2H3. The SMILES string of the molecule is C=CCN(Cc1ccccc1)c1cccc(OC)c1. The van der Waals surface area contributed by atoms with Crippen molar-refractivity contribution in [1.82, 2.24) is 0 Å². The minimum atomic E-state index is 0.808. The zero-order valence-corrected chi connectivity index (χ0v) is 11.3. The number of methoxy groups -OCH3 is 1. The topological polar surface area (TPSA) is 12.5 Å². The summed E-state index contributed by atoms with van der Waals surface area (Å²) in [5, 5.41) is 0. The van der Waals surface area contributed by atoms with E-state index in [1.165, 1.54) is 5.56 Å². The molecule has 2 nitrogen and oxygen atoms in total. The van der Waals surface area contributed by atoms with Gasteiger partial charge in [0.1, 0.15) is 5.75 Å². The van der Waals surface area contributed by atoms with Crippen LogP contribution in [0.4, 0.5) is 5.69 Å². The lowest BCUT2D eigenvalue weighted by Gasteiger charge is -2.24. The molecule has 0 heterocycles. The van der Waals surface area contributed by atoms with Crippen LogP contribution in [0.1, 0.15) is 5.56 Å². The van der Waals surface area contributed by atoms with Gasteiger partial charge in [-0.05, 0) is 17.7 Å². The van der Waals surface area contributed by atoms with Crippen LogP contribution >= 0.6 is 0 Å². The van der Waals surface area contributed by atoms with Crippen molar-refractivity contribution in [2.24, 2.45) is 0 Å². The maximum atomic E-state index is 5.28. The minimum Gasteiger partial charge on any atom is -0.497 e. The summed E-state index contributed by atoms with van der Waals surface area (Å²) in [6.07, 6.45) is 1.92. The molecule has 0 unspecified atom stereocenters. The third-order valence-electron chi connectivity index (χ3n) is 2.98. The van der Waals surface area contributed by atoms with Gasteiger partial charge in [0.2, 0.25) is 0 Å². The molecule has 19 heavy (non-hydrogen) atoms. The van der Waals surface area contributed by atoms with Gasteiger partial charge >= 0.3 is 0 Å². The predicted molar refractivity (Wildman–Crippen MR) is 80.7 cm³/mol. The second-order valence-electron chi connectivity index (χ2n) is 4.36. The van der Waals surface area contributed by atoms with Gasteiger partial charge in [-0.25, -0.2) is 0 Å². The van der Waals surface area contributed by atoms with Crippen molar-refractivity contribution in [3.05, 3.63) is 72.8 Å². The number of ether oxygens (including phenoxy) is 1. The highest BCUT2D eigenvalue weighted by atomic mass is 16.5. The second kappa shape index (κ2) is 6.64. The largest absolute Gasteiger partial charge is 0.497 e. The highest BCUT2D eigenvalue weighted by Crippen LogP contribution is 2.22. The molecule has 0 atom stereocenters. The summed E-state index contributed by atoms with van der Waals surface area (Å²) < 4.78 is 5.28. The Morgan fingerprint density at radius 2 is 1.89 bits per heavy atom. The Morgan fingerprint density at radius 3 is 2.58 bits per heavy atom. The van der Waals surface area contributed by atoms with Crippen LogP contribution in [0.25, 0.3) is 0 Å². The van der Waals surface area contributed by atoms with Gasteiger partial charge in [-0.15, -0.1) is 6.58 Å². The number of nitrogens with zero attached hydrogens (tertiary/aromatic N) is 1. The molecule has 0 radical (unpaired) electrons. The molecule has 0 amide bonds. The Hall–Kier alpha value is -2.22. The molecule has 0 spiro atoms. The second-order valence-corrected chi connectivity index (χ2v) is 4.36. The Morgan fingerprint density at radius 1 is 1.11 bits per heavy atom. The summed E-state index contributed by atoms with van der Waals surface area (Å²) in [5.41, 5.74) is 2.43. The maximum absolute atomic E-state index is 5.28. The van der Waals surface area contributed by atoms with Crippen LogP contribution in [0.3, 0.4) is 0 Å². The van der Waals surface area contributed by atoms with E-state index in [0.29, 0.717) is 0 Å². The van der Waals surface area contributed by atoms with Crippen LogP contribution in [0.2, 0.25) is 0 Å². The van der Waals surface area contributed by atoms with Crippen LogP contribution in [0, 0.1) is 0 Å². The van der Waals surface area contributed by atoms with E-state index in [1.54, 1.807) is 7.11 Å². The van der Waals surface area contributed by atoms with Gasteiger partial charge in [0.05, 0.1) is 7.11 Å². The van der Waals surface area contributed by atoms with E-state index in [1.807, 2.05) is 30.3 Å². The first-order valence-electron chi connectivity index (χ1n) is 6.37. The number of hydrogen-bond donors (Lipinski definition) is 0. The minimum absolute atomic E-state index is 0.808. The lowest BCUT2D eigenvalue weighted by molar-refractivity contribution is 0.415. The van der Waals surface area contributed by atoms with E-state index < -0.39 is 0 Å². The lowest BCUT2D eigenvalue weighted by atomic mass is 10.2. The first-order valence-corrected chi connectivity index (χ1v) is 6.37. The first kappa shape index (κ1) is 13.2. The monoisotopic (exact) mass is 253 g/mol. The van der Waals surface area contributed by atoms with E-state index >= 15 is 0 Å². The van der Waals surface area contributed by atoms with E-state index in [4.69, 9.17) is 4.74 Å². The molecule has 2 aromatic carbocycles. The van der Waals surface area contributed by atoms with Gasteiger partial charge in [-0.3, -0.25) is 0 Å². The van der Waals surface area contributed by atoms with E-state index in [-0.39, 0.29) is 0 Å². The maximum Gasteiger partial charge on any atom is 0.120 e. The van der Waals surface area contributed by atoms with E-state index in [9.17, 15) is 0 Å². The third-order valence-corrected chi connectivity index (χ3v) is 2.98. The highest BCUT2D eigenvalue weighted by Gasteiger charge is 2.06. The molecule has 2 heteroatoms. The molecule has 0 bridgehead atoms. The van der Waals surface area contributed by atoms with Crippen molar-refractivity contribution in [3.8, 4) is 5.75 Å². The molecule has 0 saturated heterocycles. The molecule has 2 rings (SSSR count). The summed E-state index contributed by atoms with van der Waals surface area (Å²) in [7, 11) is 1.69. The van der Waals surface area contributed by atoms with Crippen LogP contribution in [0.15, 0.2) is 67.3 Å². The van der Waals surface area contributed by atoms with Gasteiger partial charge < -0.3 is 9.64 Å². The number of benzene rings is 2. The number of anilines is 1. The number of hydrogen-bond acceptors (Lipinski definition) is 2. The molecule has 0 aliphatic carbocycles. The van der Waals surface area contributed by atoms with Crippen molar-refractivity contribution in [2.75, 3.05) is 18.6 Å². The fraction of sp³-hybridized carbons (Fsp3) is 0.176. The van der Waals surface area contributed by atoms with Crippen molar-refractivity contribution >= 4 is 5.69 Å². The van der Waals surface area contributed by atoms with Gasteiger partial charge in [0.15, 0.2) is 0 Å². The molecule has 0 saturated carbocycles. The van der Waals surface area contributed by atoms with Crippen molar-refractivity contribution in [2.45, 2.75) is 6.54 Å². The van der Waals surface area contributed by atoms with Gasteiger partial charge in [-0.1, -0.05) is 42.5 Å². The summed E-state index contributed by atoms with van der Waals surface area (Å²) in [4.78, 5) is 2.27.